The van der Waals surface area contributed by atoms with Crippen LogP contribution in [0.5, 0.6) is 5.75 Å². The van der Waals surface area contributed by atoms with Crippen molar-refractivity contribution in [2.24, 2.45) is 0 Å². The minimum absolute atomic E-state index is 0.387. The lowest BCUT2D eigenvalue weighted by Gasteiger charge is -2.07. The summed E-state index contributed by atoms with van der Waals surface area (Å²) in [6.07, 6.45) is 6.94. The zero-order chi connectivity index (χ0) is 11.1. The second-order valence-electron chi connectivity index (χ2n) is 2.93. The molecule has 0 fully saturated rings. The van der Waals surface area contributed by atoms with Gasteiger partial charge >= 0.3 is 0 Å². The molecule has 0 saturated heterocycles. The number of hydrogen-bond acceptors (Lipinski definition) is 3. The molecule has 0 unspecified atom stereocenters. The largest absolute Gasteiger partial charge is 0.485 e. The van der Waals surface area contributed by atoms with Gasteiger partial charge in [0.1, 0.15) is 6.61 Å². The molecule has 0 aromatic carbocycles. The summed E-state index contributed by atoms with van der Waals surface area (Å²) in [5.41, 5.74) is 6.45. The molecule has 1 aromatic heterocycles. The molecule has 0 atom stereocenters. The first-order valence-corrected chi connectivity index (χ1v) is 4.54. The van der Waals surface area contributed by atoms with Crippen molar-refractivity contribution < 1.29 is 4.74 Å². The van der Waals surface area contributed by atoms with Gasteiger partial charge in [-0.05, 0) is 17.7 Å². The van der Waals surface area contributed by atoms with Crippen molar-refractivity contribution in [1.82, 2.24) is 4.98 Å². The zero-order valence-electron chi connectivity index (χ0n) is 8.52. The molecule has 78 valence electrons. The molecule has 3 nitrogen and oxygen atoms in total. The number of hydrogen-bond donors (Lipinski definition) is 1. The molecule has 1 rings (SSSR count). The first-order chi connectivity index (χ1) is 7.24. The van der Waals surface area contributed by atoms with Crippen LogP contribution < -0.4 is 10.5 Å². The summed E-state index contributed by atoms with van der Waals surface area (Å²) < 4.78 is 5.42. The Morgan fingerprint density at radius 3 is 3.07 bits per heavy atom. The van der Waals surface area contributed by atoms with E-state index in [1.165, 1.54) is 0 Å². The molecule has 0 aliphatic heterocycles. The number of anilines is 1. The molecule has 0 radical (unpaired) electrons. The van der Waals surface area contributed by atoms with E-state index in [1.807, 2.05) is 6.08 Å². The van der Waals surface area contributed by atoms with E-state index in [0.717, 1.165) is 5.57 Å². The molecule has 3 heteroatoms. The SMILES string of the molecule is C=C/C=C\C(=C)COc1cccnc1N. The average Bonchev–Trinajstić information content (AvgIpc) is 2.25. The summed E-state index contributed by atoms with van der Waals surface area (Å²) in [7, 11) is 0. The third-order valence-electron chi connectivity index (χ3n) is 1.68. The minimum atomic E-state index is 0.387. The van der Waals surface area contributed by atoms with E-state index in [1.54, 1.807) is 30.5 Å². The maximum atomic E-state index is 5.61. The van der Waals surface area contributed by atoms with Crippen LogP contribution in [0.3, 0.4) is 0 Å². The van der Waals surface area contributed by atoms with Gasteiger partial charge in [0.2, 0.25) is 0 Å². The van der Waals surface area contributed by atoms with Gasteiger partial charge in [0.05, 0.1) is 0 Å². The quantitative estimate of drug-likeness (QED) is 0.745. The maximum absolute atomic E-state index is 5.61. The first-order valence-electron chi connectivity index (χ1n) is 4.54. The Kier molecular flexibility index (Phi) is 4.16. The monoisotopic (exact) mass is 202 g/mol. The number of nitrogens with zero attached hydrogens (tertiary/aromatic N) is 1. The van der Waals surface area contributed by atoms with Gasteiger partial charge in [-0.1, -0.05) is 31.4 Å². The Bertz CT molecular complexity index is 383. The topological polar surface area (TPSA) is 48.1 Å². The van der Waals surface area contributed by atoms with Gasteiger partial charge in [-0.2, -0.15) is 0 Å². The van der Waals surface area contributed by atoms with Crippen LogP contribution in [0.4, 0.5) is 5.82 Å². The van der Waals surface area contributed by atoms with Crippen molar-refractivity contribution in [3.05, 3.63) is 55.3 Å². The maximum Gasteiger partial charge on any atom is 0.166 e. The fourth-order valence-electron chi connectivity index (χ4n) is 0.948. The number of pyridine rings is 1. The highest BCUT2D eigenvalue weighted by molar-refractivity contribution is 5.44. The fourth-order valence-corrected chi connectivity index (χ4v) is 0.948. The highest BCUT2D eigenvalue weighted by Crippen LogP contribution is 2.17. The van der Waals surface area contributed by atoms with Crippen LogP contribution in [0.1, 0.15) is 0 Å². The Morgan fingerprint density at radius 1 is 1.60 bits per heavy atom. The van der Waals surface area contributed by atoms with Gasteiger partial charge in [0, 0.05) is 6.20 Å². The van der Waals surface area contributed by atoms with E-state index in [-0.39, 0.29) is 0 Å². The molecule has 0 amide bonds. The lowest BCUT2D eigenvalue weighted by molar-refractivity contribution is 0.357. The highest BCUT2D eigenvalue weighted by atomic mass is 16.5. The average molecular weight is 202 g/mol. The Morgan fingerprint density at radius 2 is 2.40 bits per heavy atom. The number of ether oxygens (including phenoxy) is 1. The van der Waals surface area contributed by atoms with Gasteiger partial charge in [-0.15, -0.1) is 0 Å². The van der Waals surface area contributed by atoms with Crippen LogP contribution in [-0.2, 0) is 0 Å². The van der Waals surface area contributed by atoms with Gasteiger partial charge in [-0.25, -0.2) is 4.98 Å². The molecular weight excluding hydrogens is 188 g/mol. The van der Waals surface area contributed by atoms with E-state index in [2.05, 4.69) is 18.1 Å². The Hall–Kier alpha value is -2.03. The predicted molar refractivity (Wildman–Crippen MR) is 62.6 cm³/mol. The van der Waals surface area contributed by atoms with Crippen LogP contribution in [0.15, 0.2) is 55.3 Å². The molecule has 2 N–H and O–H groups in total. The lowest BCUT2D eigenvalue weighted by Crippen LogP contribution is -2.02. The van der Waals surface area contributed by atoms with Gasteiger partial charge in [0.25, 0.3) is 0 Å². The van der Waals surface area contributed by atoms with Crippen molar-refractivity contribution in [1.29, 1.82) is 0 Å². The summed E-state index contributed by atoms with van der Waals surface area (Å²) in [5.74, 6) is 0.962. The molecule has 1 heterocycles. The second-order valence-corrected chi connectivity index (χ2v) is 2.93. The molecule has 15 heavy (non-hydrogen) atoms. The minimum Gasteiger partial charge on any atom is -0.485 e. The summed E-state index contributed by atoms with van der Waals surface area (Å²) >= 11 is 0. The highest BCUT2D eigenvalue weighted by Gasteiger charge is 1.99. The summed E-state index contributed by atoms with van der Waals surface area (Å²) in [6, 6.07) is 3.54. The van der Waals surface area contributed by atoms with Crippen LogP contribution in [0.25, 0.3) is 0 Å². The Labute approximate surface area is 89.6 Å². The first kappa shape index (κ1) is 11.0. The van der Waals surface area contributed by atoms with E-state index in [0.29, 0.717) is 18.2 Å². The number of rotatable bonds is 5. The van der Waals surface area contributed by atoms with Gasteiger partial charge in [-0.3, -0.25) is 0 Å². The van der Waals surface area contributed by atoms with E-state index < -0.39 is 0 Å². The van der Waals surface area contributed by atoms with Gasteiger partial charge < -0.3 is 10.5 Å². The molecule has 0 saturated carbocycles. The van der Waals surface area contributed by atoms with E-state index in [4.69, 9.17) is 10.5 Å². The van der Waals surface area contributed by atoms with E-state index in [9.17, 15) is 0 Å². The number of aromatic nitrogens is 1. The number of allylic oxidation sites excluding steroid dienone is 2. The van der Waals surface area contributed by atoms with Crippen molar-refractivity contribution in [3.8, 4) is 5.75 Å². The predicted octanol–water partition coefficient (Wildman–Crippen LogP) is 2.34. The zero-order valence-corrected chi connectivity index (χ0v) is 8.52. The number of nitrogens with two attached hydrogens (primary N) is 1. The van der Waals surface area contributed by atoms with Crippen molar-refractivity contribution >= 4 is 5.82 Å². The second kappa shape index (κ2) is 5.65. The van der Waals surface area contributed by atoms with Gasteiger partial charge in [0.15, 0.2) is 11.6 Å². The third kappa shape index (κ3) is 3.68. The van der Waals surface area contributed by atoms with Crippen LogP contribution >= 0.6 is 0 Å². The van der Waals surface area contributed by atoms with Crippen LogP contribution in [0.2, 0.25) is 0 Å². The smallest absolute Gasteiger partial charge is 0.166 e. The molecule has 0 aliphatic rings. The van der Waals surface area contributed by atoms with Crippen molar-refractivity contribution in [2.75, 3.05) is 12.3 Å². The molecular formula is C12H14N2O. The van der Waals surface area contributed by atoms with Crippen LogP contribution in [0, 0.1) is 0 Å². The summed E-state index contributed by atoms with van der Waals surface area (Å²) in [6.45, 7) is 7.77. The van der Waals surface area contributed by atoms with Crippen molar-refractivity contribution in [3.63, 3.8) is 0 Å². The van der Waals surface area contributed by atoms with Crippen LogP contribution in [-0.4, -0.2) is 11.6 Å². The normalized spacial score (nSPS) is 10.1. The van der Waals surface area contributed by atoms with E-state index >= 15 is 0 Å². The molecule has 0 bridgehead atoms. The third-order valence-corrected chi connectivity index (χ3v) is 1.68. The summed E-state index contributed by atoms with van der Waals surface area (Å²) in [4.78, 5) is 3.91. The standard InChI is InChI=1S/C12H14N2O/c1-3-4-6-10(2)9-15-11-7-5-8-14-12(11)13/h3-8H,1-2,9H2,(H2,13,14)/b6-4-. The molecule has 1 aromatic rings. The van der Waals surface area contributed by atoms with Crippen molar-refractivity contribution in [2.45, 2.75) is 0 Å². The Balaban J connectivity index is 2.50. The summed E-state index contributed by atoms with van der Waals surface area (Å²) in [5, 5.41) is 0. The fraction of sp³-hybridized carbons (Fsp3) is 0.0833. The lowest BCUT2D eigenvalue weighted by atomic mass is 10.3. The molecule has 0 spiro atoms. The molecule has 0 aliphatic carbocycles. The number of nitrogen functional groups attached to an aromatic ring is 1.